The van der Waals surface area contributed by atoms with E-state index >= 15 is 0 Å². The summed E-state index contributed by atoms with van der Waals surface area (Å²) in [4.78, 5) is 23.0. The lowest BCUT2D eigenvalue weighted by atomic mass is 10.1. The number of carbonyl (C=O) groups excluding carboxylic acids is 1. The molecule has 1 aliphatic heterocycles. The first-order valence-electron chi connectivity index (χ1n) is 10.5. The Morgan fingerprint density at radius 1 is 1.06 bits per heavy atom. The first-order chi connectivity index (χ1) is 15.1. The van der Waals surface area contributed by atoms with Gasteiger partial charge in [-0.15, -0.1) is 0 Å². The third kappa shape index (κ3) is 7.47. The van der Waals surface area contributed by atoms with Gasteiger partial charge in [0, 0.05) is 29.7 Å². The van der Waals surface area contributed by atoms with Crippen LogP contribution < -0.4 is 10.1 Å². The van der Waals surface area contributed by atoms with E-state index in [1.165, 1.54) is 0 Å². The van der Waals surface area contributed by atoms with Gasteiger partial charge in [-0.25, -0.2) is 0 Å². The van der Waals surface area contributed by atoms with Crippen molar-refractivity contribution in [3.05, 3.63) is 65.2 Å². The molecule has 1 saturated heterocycles. The fraction of sp³-hybridized carbons (Fsp3) is 0.360. The average molecular weight is 421 g/mol. The molecule has 1 aliphatic rings. The topological polar surface area (TPSA) is 84.9 Å². The minimum absolute atomic E-state index is 0.157. The molecule has 2 aromatic rings. The molecule has 31 heavy (non-hydrogen) atoms. The lowest BCUT2D eigenvalue weighted by Gasteiger charge is -2.19. The Morgan fingerprint density at radius 2 is 1.84 bits per heavy atom. The summed E-state index contributed by atoms with van der Waals surface area (Å²) in [6, 6.07) is 14.8. The molecule has 1 heterocycles. The third-order valence-electron chi connectivity index (χ3n) is 4.91. The van der Waals surface area contributed by atoms with Crippen molar-refractivity contribution in [2.75, 3.05) is 19.8 Å². The van der Waals surface area contributed by atoms with E-state index in [-0.39, 0.29) is 12.3 Å². The van der Waals surface area contributed by atoms with Crippen LogP contribution in [0.2, 0.25) is 0 Å². The number of unbranched alkanes of at least 4 members (excludes halogenated alkanes) is 2. The second-order valence-electron chi connectivity index (χ2n) is 7.42. The maximum Gasteiger partial charge on any atom is 0.303 e. The van der Waals surface area contributed by atoms with Crippen LogP contribution in [0.25, 0.3) is 0 Å². The average Bonchev–Trinajstić information content (AvgIpc) is 2.74. The molecule has 6 heteroatoms. The summed E-state index contributed by atoms with van der Waals surface area (Å²) >= 11 is 0. The summed E-state index contributed by atoms with van der Waals surface area (Å²) in [7, 11) is 0. The van der Waals surface area contributed by atoms with Gasteiger partial charge in [0.1, 0.15) is 5.75 Å². The van der Waals surface area contributed by atoms with Gasteiger partial charge in [0.25, 0.3) is 5.91 Å². The van der Waals surface area contributed by atoms with Gasteiger partial charge in [0.05, 0.1) is 25.7 Å². The molecule has 1 fully saturated rings. The Kier molecular flexibility index (Phi) is 8.50. The van der Waals surface area contributed by atoms with E-state index in [2.05, 4.69) is 17.2 Å². The quantitative estimate of drug-likeness (QED) is 0.452. The number of hydrogen-bond donors (Lipinski definition) is 2. The van der Waals surface area contributed by atoms with Gasteiger partial charge in [-0.1, -0.05) is 30.0 Å². The van der Waals surface area contributed by atoms with Gasteiger partial charge in [-0.05, 0) is 49.6 Å². The van der Waals surface area contributed by atoms with E-state index in [0.717, 1.165) is 29.7 Å². The molecule has 2 N–H and O–H groups in total. The molecule has 1 amide bonds. The van der Waals surface area contributed by atoms with Gasteiger partial charge in [0.2, 0.25) is 0 Å². The molecule has 0 aromatic heterocycles. The first-order valence-corrected chi connectivity index (χ1v) is 10.5. The zero-order valence-electron chi connectivity index (χ0n) is 17.4. The normalized spacial score (nSPS) is 12.9. The predicted molar refractivity (Wildman–Crippen MR) is 117 cm³/mol. The molecule has 2 aromatic carbocycles. The van der Waals surface area contributed by atoms with E-state index in [4.69, 9.17) is 14.6 Å². The van der Waals surface area contributed by atoms with Crippen LogP contribution in [0.1, 0.15) is 47.2 Å². The number of rotatable bonds is 10. The van der Waals surface area contributed by atoms with Crippen LogP contribution in [0.5, 0.6) is 5.75 Å². The van der Waals surface area contributed by atoms with Crippen LogP contribution in [-0.2, 0) is 16.1 Å². The number of amides is 1. The fourth-order valence-corrected chi connectivity index (χ4v) is 3.01. The van der Waals surface area contributed by atoms with Crippen molar-refractivity contribution in [2.24, 2.45) is 5.92 Å². The highest BCUT2D eigenvalue weighted by Gasteiger charge is 2.14. The van der Waals surface area contributed by atoms with E-state index in [9.17, 15) is 9.59 Å². The standard InChI is InChI=1S/C25H27NO5/c27-24(28)8-2-1-5-15-31-23-7-4-3-6-22(23)16-26-25(29)21-13-11-19(12-14-21)9-10-20-17-30-18-20/h3-4,6-7,11-14,20H,1-2,5,8,15-18H2,(H,26,29)(H,27,28). The maximum atomic E-state index is 12.5. The van der Waals surface area contributed by atoms with Crippen molar-refractivity contribution in [1.82, 2.24) is 5.32 Å². The van der Waals surface area contributed by atoms with Crippen LogP contribution in [0, 0.1) is 17.8 Å². The van der Waals surface area contributed by atoms with Gasteiger partial charge in [-0.3, -0.25) is 9.59 Å². The minimum Gasteiger partial charge on any atom is -0.493 e. The third-order valence-corrected chi connectivity index (χ3v) is 4.91. The van der Waals surface area contributed by atoms with Crippen molar-refractivity contribution in [1.29, 1.82) is 0 Å². The number of nitrogens with one attached hydrogen (secondary N) is 1. The summed E-state index contributed by atoms with van der Waals surface area (Å²) in [5.74, 6) is 6.38. The zero-order valence-corrected chi connectivity index (χ0v) is 17.4. The summed E-state index contributed by atoms with van der Waals surface area (Å²) in [5, 5.41) is 11.6. The fourth-order valence-electron chi connectivity index (χ4n) is 3.01. The Hall–Kier alpha value is -3.30. The number of carboxylic acids is 1. The Balaban J connectivity index is 1.46. The molecule has 162 valence electrons. The number of benzene rings is 2. The summed E-state index contributed by atoms with van der Waals surface area (Å²) in [5.41, 5.74) is 2.35. The largest absolute Gasteiger partial charge is 0.493 e. The van der Waals surface area contributed by atoms with Gasteiger partial charge < -0.3 is 19.9 Å². The Morgan fingerprint density at radius 3 is 2.55 bits per heavy atom. The van der Waals surface area contributed by atoms with Crippen molar-refractivity contribution >= 4 is 11.9 Å². The van der Waals surface area contributed by atoms with Crippen molar-refractivity contribution in [3.8, 4) is 17.6 Å². The van der Waals surface area contributed by atoms with E-state index in [1.54, 1.807) is 12.1 Å². The molecule has 6 nitrogen and oxygen atoms in total. The van der Waals surface area contributed by atoms with Crippen LogP contribution >= 0.6 is 0 Å². The smallest absolute Gasteiger partial charge is 0.303 e. The zero-order chi connectivity index (χ0) is 21.9. The molecule has 0 unspecified atom stereocenters. The van der Waals surface area contributed by atoms with E-state index in [0.29, 0.717) is 44.3 Å². The predicted octanol–water partition coefficient (Wildman–Crippen LogP) is 3.64. The Labute approximate surface area is 182 Å². The Bertz CT molecular complexity index is 938. The molecule has 0 aliphatic carbocycles. The minimum atomic E-state index is -0.770. The lowest BCUT2D eigenvalue weighted by Crippen LogP contribution is -2.25. The first kappa shape index (κ1) is 22.4. The number of hydrogen-bond acceptors (Lipinski definition) is 4. The summed E-state index contributed by atoms with van der Waals surface area (Å²) in [6.45, 7) is 2.27. The number of aliphatic carboxylic acids is 1. The van der Waals surface area contributed by atoms with Crippen LogP contribution in [0.4, 0.5) is 0 Å². The van der Waals surface area contributed by atoms with E-state index < -0.39 is 5.97 Å². The number of carboxylic acid groups (broad SMARTS) is 1. The highest BCUT2D eigenvalue weighted by atomic mass is 16.5. The van der Waals surface area contributed by atoms with Crippen molar-refractivity contribution in [3.63, 3.8) is 0 Å². The van der Waals surface area contributed by atoms with Crippen LogP contribution in [0.15, 0.2) is 48.5 Å². The van der Waals surface area contributed by atoms with Gasteiger partial charge in [0.15, 0.2) is 0 Å². The number of ether oxygens (including phenoxy) is 2. The lowest BCUT2D eigenvalue weighted by molar-refractivity contribution is -0.137. The maximum absolute atomic E-state index is 12.5. The van der Waals surface area contributed by atoms with Gasteiger partial charge >= 0.3 is 5.97 Å². The van der Waals surface area contributed by atoms with Gasteiger partial charge in [-0.2, -0.15) is 0 Å². The molecule has 0 spiro atoms. The number of para-hydroxylation sites is 1. The molecule has 0 atom stereocenters. The molecule has 3 rings (SSSR count). The van der Waals surface area contributed by atoms with E-state index in [1.807, 2.05) is 36.4 Å². The molecule has 0 radical (unpaired) electrons. The molecular weight excluding hydrogens is 394 g/mol. The van der Waals surface area contributed by atoms with Crippen molar-refractivity contribution < 1.29 is 24.2 Å². The summed E-state index contributed by atoms with van der Waals surface area (Å²) < 4.78 is 10.9. The second kappa shape index (κ2) is 11.8. The summed E-state index contributed by atoms with van der Waals surface area (Å²) in [6.07, 6.45) is 2.43. The molecule has 0 saturated carbocycles. The highest BCUT2D eigenvalue weighted by Crippen LogP contribution is 2.18. The SMILES string of the molecule is O=C(O)CCCCCOc1ccccc1CNC(=O)c1ccc(C#CC2COC2)cc1. The molecule has 0 bridgehead atoms. The van der Waals surface area contributed by atoms with Crippen LogP contribution in [-0.4, -0.2) is 36.8 Å². The monoisotopic (exact) mass is 421 g/mol. The van der Waals surface area contributed by atoms with Crippen molar-refractivity contribution in [2.45, 2.75) is 32.2 Å². The highest BCUT2D eigenvalue weighted by molar-refractivity contribution is 5.94. The number of carbonyl (C=O) groups is 2. The second-order valence-corrected chi connectivity index (χ2v) is 7.42. The van der Waals surface area contributed by atoms with Crippen LogP contribution in [0.3, 0.4) is 0 Å². The molecular formula is C25H27NO5.